The van der Waals surface area contributed by atoms with E-state index >= 15 is 0 Å². The summed E-state index contributed by atoms with van der Waals surface area (Å²) in [5.41, 5.74) is 0.992. The lowest BCUT2D eigenvalue weighted by atomic mass is 9.44. The standard InChI is InChI=1S/C39H58O6SSi/c1-25(40)44-28-19-20-37(5)27(22-28)15-16-30-32-18-17-31(38(32,6)34(41)23-33(30)37)26-21-35(46-29-13-11-10-12-14-29)39(42-7,43-24-26)45-47(8,9)36(2,3)4/h10-14,24,27-28,30-33,35H,15-23H2,1-9H3/t27-,28+,30+,31-,32+,33+,35?,37+,38-,39?/m1/s1. The molecule has 0 N–H and O–H groups in total. The normalized spacial score (nSPS) is 40.4. The third-order valence-electron chi connectivity index (χ3n) is 14.0. The van der Waals surface area contributed by atoms with Crippen molar-refractivity contribution >= 4 is 31.8 Å². The molecule has 2 unspecified atom stereocenters. The lowest BCUT2D eigenvalue weighted by Gasteiger charge is -2.60. The Morgan fingerprint density at radius 3 is 2.38 bits per heavy atom. The first-order valence-corrected chi connectivity index (χ1v) is 21.9. The molecule has 0 radical (unpaired) electrons. The molecule has 4 fully saturated rings. The Labute approximate surface area is 288 Å². The average molecular weight is 683 g/mol. The fourth-order valence-electron chi connectivity index (χ4n) is 10.3. The van der Waals surface area contributed by atoms with Gasteiger partial charge < -0.3 is 18.6 Å². The SMILES string of the molecule is COC1(O[Si](C)(C)C(C)(C)C)OC=C([C@H]2CC[C@H]3[C@@H]4CC[C@@H]5C[C@@H](OC(C)=O)CC[C@]5(C)[C@H]4CC(=O)[C@]23C)CC1Sc1ccccc1. The van der Waals surface area contributed by atoms with Crippen LogP contribution >= 0.6 is 11.8 Å². The summed E-state index contributed by atoms with van der Waals surface area (Å²) in [6, 6.07) is 10.5. The number of thioether (sulfide) groups is 1. The number of hydrogen-bond donors (Lipinski definition) is 0. The predicted molar refractivity (Wildman–Crippen MR) is 189 cm³/mol. The van der Waals surface area contributed by atoms with Crippen LogP contribution in [0.4, 0.5) is 0 Å². The number of Topliss-reactive ketones (excluding diaryl/α,β-unsaturated/α-hetero) is 1. The van der Waals surface area contributed by atoms with Gasteiger partial charge in [-0.05, 0) is 122 Å². The lowest BCUT2D eigenvalue weighted by Crippen LogP contribution is -2.59. The quantitative estimate of drug-likeness (QED) is 0.161. The van der Waals surface area contributed by atoms with Gasteiger partial charge in [-0.15, -0.1) is 11.8 Å². The highest BCUT2D eigenvalue weighted by Gasteiger charge is 2.65. The zero-order valence-corrected chi connectivity index (χ0v) is 32.0. The Hall–Kier alpha value is -1.61. The van der Waals surface area contributed by atoms with Crippen molar-refractivity contribution in [3.05, 3.63) is 42.2 Å². The summed E-state index contributed by atoms with van der Waals surface area (Å²) in [6.45, 7) is 17.5. The first-order chi connectivity index (χ1) is 22.0. The number of benzene rings is 1. The van der Waals surface area contributed by atoms with Gasteiger partial charge in [0.1, 0.15) is 17.1 Å². The number of rotatable bonds is 7. The van der Waals surface area contributed by atoms with Crippen molar-refractivity contribution in [1.29, 1.82) is 0 Å². The molecule has 1 aromatic rings. The molecule has 1 aliphatic heterocycles. The third kappa shape index (κ3) is 6.09. The van der Waals surface area contributed by atoms with Crippen molar-refractivity contribution in [2.24, 2.45) is 40.4 Å². The second-order valence-electron chi connectivity index (χ2n) is 17.3. The number of allylic oxidation sites excluding steroid dienone is 1. The van der Waals surface area contributed by atoms with Gasteiger partial charge in [0.2, 0.25) is 8.32 Å². The Kier molecular flexibility index (Phi) is 9.45. The maximum absolute atomic E-state index is 14.6. The number of hydrogen-bond acceptors (Lipinski definition) is 7. The molecule has 260 valence electrons. The molecule has 6 nitrogen and oxygen atoms in total. The van der Waals surface area contributed by atoms with E-state index in [1.54, 1.807) is 18.9 Å². The van der Waals surface area contributed by atoms with Crippen LogP contribution in [0.15, 0.2) is 47.1 Å². The summed E-state index contributed by atoms with van der Waals surface area (Å²) in [4.78, 5) is 27.5. The number of fused-ring (bicyclic) bond motifs is 5. The van der Waals surface area contributed by atoms with Crippen LogP contribution in [0.2, 0.25) is 18.1 Å². The fraction of sp³-hybridized carbons (Fsp3) is 0.744. The first-order valence-electron chi connectivity index (χ1n) is 18.1. The van der Waals surface area contributed by atoms with E-state index in [0.29, 0.717) is 35.9 Å². The summed E-state index contributed by atoms with van der Waals surface area (Å²) >= 11 is 1.76. The summed E-state index contributed by atoms with van der Waals surface area (Å²) in [7, 11) is -0.570. The van der Waals surface area contributed by atoms with Crippen LogP contribution in [-0.4, -0.2) is 44.5 Å². The van der Waals surface area contributed by atoms with Crippen LogP contribution in [0.5, 0.6) is 0 Å². The summed E-state index contributed by atoms with van der Waals surface area (Å²) in [5.74, 6) is 1.12. The van der Waals surface area contributed by atoms with Crippen molar-refractivity contribution in [3.63, 3.8) is 0 Å². The Bertz CT molecular complexity index is 1370. The molecule has 0 aromatic heterocycles. The molecule has 0 saturated heterocycles. The van der Waals surface area contributed by atoms with Gasteiger partial charge in [-0.25, -0.2) is 0 Å². The van der Waals surface area contributed by atoms with Gasteiger partial charge >= 0.3 is 11.9 Å². The van der Waals surface area contributed by atoms with Crippen molar-refractivity contribution in [3.8, 4) is 0 Å². The van der Waals surface area contributed by atoms with Gasteiger partial charge in [0.05, 0.1) is 6.26 Å². The van der Waals surface area contributed by atoms with E-state index in [1.807, 2.05) is 12.3 Å². The van der Waals surface area contributed by atoms with Gasteiger partial charge in [0.25, 0.3) is 0 Å². The zero-order chi connectivity index (χ0) is 34.0. The lowest BCUT2D eigenvalue weighted by molar-refractivity contribution is -0.320. The minimum atomic E-state index is -2.28. The Morgan fingerprint density at radius 1 is 1.00 bits per heavy atom. The minimum Gasteiger partial charge on any atom is -0.463 e. The fourth-order valence-corrected chi connectivity index (χ4v) is 12.9. The number of carbonyl (C=O) groups excluding carboxylic acids is 2. The third-order valence-corrected chi connectivity index (χ3v) is 19.7. The molecule has 1 heterocycles. The summed E-state index contributed by atoms with van der Waals surface area (Å²) in [6.07, 6.45) is 10.8. The molecule has 6 rings (SSSR count). The maximum atomic E-state index is 14.6. The van der Waals surface area contributed by atoms with Gasteiger partial charge in [0.15, 0.2) is 0 Å². The first kappa shape index (κ1) is 35.2. The van der Waals surface area contributed by atoms with Gasteiger partial charge in [-0.2, -0.15) is 0 Å². The van der Waals surface area contributed by atoms with Crippen LogP contribution in [0.25, 0.3) is 0 Å². The monoisotopic (exact) mass is 682 g/mol. The molecule has 47 heavy (non-hydrogen) atoms. The average Bonchev–Trinajstić information content (AvgIpc) is 3.37. The minimum absolute atomic E-state index is 0.0135. The van der Waals surface area contributed by atoms with E-state index in [2.05, 4.69) is 72.0 Å². The van der Waals surface area contributed by atoms with E-state index < -0.39 is 14.3 Å². The molecule has 0 bridgehead atoms. The van der Waals surface area contributed by atoms with E-state index in [1.165, 1.54) is 25.3 Å². The van der Waals surface area contributed by atoms with Crippen molar-refractivity contribution in [2.45, 2.75) is 140 Å². The number of ether oxygens (including phenoxy) is 3. The van der Waals surface area contributed by atoms with Crippen LogP contribution in [-0.2, 0) is 28.2 Å². The molecule has 4 saturated carbocycles. The largest absolute Gasteiger partial charge is 0.463 e. The van der Waals surface area contributed by atoms with Crippen molar-refractivity contribution < 1.29 is 28.2 Å². The van der Waals surface area contributed by atoms with E-state index in [0.717, 1.165) is 43.4 Å². The van der Waals surface area contributed by atoms with Crippen LogP contribution < -0.4 is 0 Å². The second-order valence-corrected chi connectivity index (χ2v) is 23.3. The number of esters is 1. The zero-order valence-electron chi connectivity index (χ0n) is 30.2. The predicted octanol–water partition coefficient (Wildman–Crippen LogP) is 9.54. The smallest absolute Gasteiger partial charge is 0.329 e. The molecule has 8 heteroatoms. The highest BCUT2D eigenvalue weighted by molar-refractivity contribution is 8.00. The Balaban J connectivity index is 1.27. The highest BCUT2D eigenvalue weighted by atomic mass is 32.2. The van der Waals surface area contributed by atoms with Crippen molar-refractivity contribution in [2.75, 3.05) is 7.11 Å². The maximum Gasteiger partial charge on any atom is 0.329 e. The van der Waals surface area contributed by atoms with E-state index in [9.17, 15) is 9.59 Å². The highest BCUT2D eigenvalue weighted by Crippen LogP contribution is 2.68. The molecular weight excluding hydrogens is 625 g/mol. The Morgan fingerprint density at radius 2 is 1.72 bits per heavy atom. The molecule has 4 aliphatic carbocycles. The molecule has 0 amide bonds. The summed E-state index contributed by atoms with van der Waals surface area (Å²) < 4.78 is 25.7. The molecular formula is C39H58O6SSi. The molecule has 1 aromatic carbocycles. The molecule has 10 atom stereocenters. The van der Waals surface area contributed by atoms with Gasteiger partial charge in [-0.1, -0.05) is 52.8 Å². The van der Waals surface area contributed by atoms with E-state index in [-0.39, 0.29) is 39.1 Å². The van der Waals surface area contributed by atoms with Crippen LogP contribution in [0.3, 0.4) is 0 Å². The number of methoxy groups -OCH3 is 1. The summed E-state index contributed by atoms with van der Waals surface area (Å²) in [5, 5.41) is -0.139. The number of carbonyl (C=O) groups is 2. The topological polar surface area (TPSA) is 71.1 Å². The van der Waals surface area contributed by atoms with E-state index in [4.69, 9.17) is 18.6 Å². The van der Waals surface area contributed by atoms with Gasteiger partial charge in [-0.3, -0.25) is 9.59 Å². The number of ketones is 1. The van der Waals surface area contributed by atoms with Gasteiger partial charge in [0, 0.05) is 30.8 Å². The van der Waals surface area contributed by atoms with Crippen molar-refractivity contribution in [1.82, 2.24) is 0 Å². The molecule has 5 aliphatic rings. The van der Waals surface area contributed by atoms with Crippen LogP contribution in [0, 0.1) is 40.4 Å². The van der Waals surface area contributed by atoms with Crippen LogP contribution in [0.1, 0.15) is 99.3 Å². The second kappa shape index (κ2) is 12.6. The molecule has 0 spiro atoms.